The van der Waals surface area contributed by atoms with Gasteiger partial charge in [0.2, 0.25) is 0 Å². The fraction of sp³-hybridized carbons (Fsp3) is 0.269. The van der Waals surface area contributed by atoms with Crippen molar-refractivity contribution in [1.82, 2.24) is 19.4 Å². The molecule has 0 aliphatic carbocycles. The lowest BCUT2D eigenvalue weighted by molar-refractivity contribution is -0.249. The smallest absolute Gasteiger partial charge is 0.262 e. The maximum atomic E-state index is 13.5. The average molecular weight is 581 g/mol. The van der Waals surface area contributed by atoms with Crippen molar-refractivity contribution in [2.75, 3.05) is 13.7 Å². The third kappa shape index (κ3) is 2.87. The molecule has 2 aliphatic heterocycles. The molecule has 0 radical (unpaired) electrons. The van der Waals surface area contributed by atoms with Gasteiger partial charge >= 0.3 is 0 Å². The highest BCUT2D eigenvalue weighted by atomic mass is 79.9. The summed E-state index contributed by atoms with van der Waals surface area (Å²) in [5, 5.41) is 44.1. The number of nitrogens with zero attached hydrogens (tertiary/aromatic N) is 3. The molecule has 5 aromatic rings. The first-order valence-electron chi connectivity index (χ1n) is 11.9. The molecule has 1 saturated heterocycles. The number of halogens is 1. The SMILES string of the molecule is CN1C(=O)c2c(c3c4cccnc4n(C4OC(CO)C(O)C(O)C4O)c3c3[nH]c4ccc(Br)cc4c23)C1=O. The van der Waals surface area contributed by atoms with Crippen molar-refractivity contribution in [2.45, 2.75) is 30.6 Å². The monoisotopic (exact) mass is 580 g/mol. The number of imide groups is 1. The molecule has 7 rings (SSSR count). The van der Waals surface area contributed by atoms with E-state index in [1.165, 1.54) is 7.05 Å². The molecule has 5 unspecified atom stereocenters. The van der Waals surface area contributed by atoms with Crippen LogP contribution in [0.2, 0.25) is 0 Å². The van der Waals surface area contributed by atoms with Gasteiger partial charge in [-0.1, -0.05) is 15.9 Å². The van der Waals surface area contributed by atoms with Crippen LogP contribution in [-0.4, -0.2) is 89.7 Å². The summed E-state index contributed by atoms with van der Waals surface area (Å²) in [5.74, 6) is -0.909. The number of hydrogen-bond acceptors (Lipinski definition) is 8. The molecule has 194 valence electrons. The molecule has 3 aromatic heterocycles. The Morgan fingerprint density at radius 2 is 1.76 bits per heavy atom. The number of aliphatic hydroxyl groups is 4. The molecule has 0 bridgehead atoms. The second kappa shape index (κ2) is 8.06. The Balaban J connectivity index is 1.71. The van der Waals surface area contributed by atoms with Crippen LogP contribution >= 0.6 is 15.9 Å². The Hall–Kier alpha value is -3.39. The number of nitrogens with one attached hydrogen (secondary N) is 1. The van der Waals surface area contributed by atoms with Gasteiger partial charge in [-0.05, 0) is 30.3 Å². The summed E-state index contributed by atoms with van der Waals surface area (Å²) in [5.41, 5.74) is 2.46. The summed E-state index contributed by atoms with van der Waals surface area (Å²) in [6, 6.07) is 9.01. The maximum Gasteiger partial charge on any atom is 0.262 e. The van der Waals surface area contributed by atoms with Gasteiger partial charge in [0, 0.05) is 44.8 Å². The van der Waals surface area contributed by atoms with Gasteiger partial charge in [0.25, 0.3) is 11.8 Å². The Morgan fingerprint density at radius 1 is 1.03 bits per heavy atom. The van der Waals surface area contributed by atoms with Crippen molar-refractivity contribution in [1.29, 1.82) is 0 Å². The van der Waals surface area contributed by atoms with Gasteiger partial charge in [-0.25, -0.2) is 4.98 Å². The molecular weight excluding hydrogens is 560 g/mol. The van der Waals surface area contributed by atoms with Crippen LogP contribution in [-0.2, 0) is 4.74 Å². The zero-order valence-corrected chi connectivity index (χ0v) is 21.4. The first-order chi connectivity index (χ1) is 18.2. The molecule has 11 nitrogen and oxygen atoms in total. The van der Waals surface area contributed by atoms with Crippen LogP contribution in [0.15, 0.2) is 41.0 Å². The standard InChI is InChI=1S/C26H21BrN4O7/c1-30-24(36)16-14-11-7-9(27)4-5-12(11)29-18(14)19-15(17(16)25(30)37)10-3-2-6-28-23(10)31(19)26-22(35)21(34)20(33)13(8-32)38-26/h2-7,13,20-22,26,29,32-35H,8H2,1H3. The molecule has 5 N–H and O–H groups in total. The number of ether oxygens (including phenoxy) is 1. The highest BCUT2D eigenvalue weighted by Crippen LogP contribution is 2.46. The number of aromatic nitrogens is 3. The summed E-state index contributed by atoms with van der Waals surface area (Å²) in [6.45, 7) is -0.602. The topological polar surface area (TPSA) is 161 Å². The molecule has 2 aliphatic rings. The van der Waals surface area contributed by atoms with E-state index in [-0.39, 0.29) is 11.1 Å². The predicted molar refractivity (Wildman–Crippen MR) is 140 cm³/mol. The Kier molecular flexibility index (Phi) is 5.03. The van der Waals surface area contributed by atoms with E-state index in [0.717, 1.165) is 9.37 Å². The van der Waals surface area contributed by atoms with Crippen LogP contribution in [0.3, 0.4) is 0 Å². The number of aromatic amines is 1. The van der Waals surface area contributed by atoms with Crippen LogP contribution in [0.25, 0.3) is 43.7 Å². The Bertz CT molecular complexity index is 1840. The first kappa shape index (κ1) is 23.7. The number of rotatable bonds is 2. The van der Waals surface area contributed by atoms with Crippen LogP contribution in [0.4, 0.5) is 0 Å². The van der Waals surface area contributed by atoms with Crippen LogP contribution < -0.4 is 0 Å². The van der Waals surface area contributed by atoms with E-state index in [1.54, 1.807) is 22.9 Å². The highest BCUT2D eigenvalue weighted by molar-refractivity contribution is 9.10. The molecular formula is C26H21BrN4O7. The van der Waals surface area contributed by atoms with Gasteiger partial charge in [0.1, 0.15) is 30.1 Å². The van der Waals surface area contributed by atoms with E-state index in [4.69, 9.17) is 4.74 Å². The fourth-order valence-corrected chi connectivity index (χ4v) is 6.25. The summed E-state index contributed by atoms with van der Waals surface area (Å²) in [4.78, 5) is 36.0. The third-order valence-electron chi connectivity index (χ3n) is 7.67. The van der Waals surface area contributed by atoms with Crippen LogP contribution in [0, 0.1) is 0 Å². The summed E-state index contributed by atoms with van der Waals surface area (Å²) >= 11 is 3.49. The van der Waals surface area contributed by atoms with Crippen molar-refractivity contribution < 1.29 is 34.8 Å². The van der Waals surface area contributed by atoms with Crippen molar-refractivity contribution in [3.05, 3.63) is 52.1 Å². The molecule has 5 atom stereocenters. The number of H-pyrrole nitrogens is 1. The Labute approximate surface area is 222 Å². The van der Waals surface area contributed by atoms with E-state index in [1.807, 2.05) is 18.2 Å². The highest BCUT2D eigenvalue weighted by Gasteiger charge is 2.47. The molecule has 12 heteroatoms. The van der Waals surface area contributed by atoms with Crippen molar-refractivity contribution in [3.8, 4) is 0 Å². The van der Waals surface area contributed by atoms with Gasteiger partial charge in [-0.2, -0.15) is 0 Å². The summed E-state index contributed by atoms with van der Waals surface area (Å²) < 4.78 is 8.30. The van der Waals surface area contributed by atoms with Gasteiger partial charge in [-0.3, -0.25) is 19.1 Å². The molecule has 1 fully saturated rings. The maximum absolute atomic E-state index is 13.5. The molecule has 0 spiro atoms. The van der Waals surface area contributed by atoms with Gasteiger partial charge in [-0.15, -0.1) is 0 Å². The van der Waals surface area contributed by atoms with E-state index in [9.17, 15) is 30.0 Å². The summed E-state index contributed by atoms with van der Waals surface area (Å²) in [6.07, 6.45) is -5.68. The number of carbonyl (C=O) groups excluding carboxylic acids is 2. The second-order valence-corrected chi connectivity index (χ2v) is 10.6. The van der Waals surface area contributed by atoms with Crippen molar-refractivity contribution >= 4 is 71.5 Å². The molecule has 2 amide bonds. The lowest BCUT2D eigenvalue weighted by Gasteiger charge is -2.40. The van der Waals surface area contributed by atoms with E-state index in [2.05, 4.69) is 25.9 Å². The zero-order chi connectivity index (χ0) is 26.6. The minimum absolute atomic E-state index is 0.210. The quantitative estimate of drug-likeness (QED) is 0.197. The Morgan fingerprint density at radius 3 is 2.50 bits per heavy atom. The van der Waals surface area contributed by atoms with Crippen molar-refractivity contribution in [3.63, 3.8) is 0 Å². The number of amides is 2. The van der Waals surface area contributed by atoms with E-state index in [0.29, 0.717) is 43.7 Å². The second-order valence-electron chi connectivity index (χ2n) is 9.67. The lowest BCUT2D eigenvalue weighted by atomic mass is 9.96. The van der Waals surface area contributed by atoms with E-state index >= 15 is 0 Å². The van der Waals surface area contributed by atoms with Gasteiger partial charge < -0.3 is 30.1 Å². The van der Waals surface area contributed by atoms with Crippen LogP contribution in [0.5, 0.6) is 0 Å². The minimum Gasteiger partial charge on any atom is -0.394 e. The first-order valence-corrected chi connectivity index (χ1v) is 12.7. The predicted octanol–water partition coefficient (Wildman–Crippen LogP) is 1.78. The van der Waals surface area contributed by atoms with Gasteiger partial charge in [0.15, 0.2) is 6.23 Å². The number of benzene rings is 2. The largest absolute Gasteiger partial charge is 0.394 e. The normalized spacial score (nSPS) is 25.9. The fourth-order valence-electron chi connectivity index (χ4n) is 5.89. The summed E-state index contributed by atoms with van der Waals surface area (Å²) in [7, 11) is 1.43. The average Bonchev–Trinajstić information content (AvgIpc) is 3.52. The number of pyridine rings is 1. The third-order valence-corrected chi connectivity index (χ3v) is 8.16. The van der Waals surface area contributed by atoms with Crippen LogP contribution in [0.1, 0.15) is 26.9 Å². The minimum atomic E-state index is -1.62. The number of hydrogen-bond donors (Lipinski definition) is 5. The number of fused-ring (bicyclic) bond motifs is 10. The lowest BCUT2D eigenvalue weighted by Crippen LogP contribution is -2.56. The number of aliphatic hydroxyl groups excluding tert-OH is 4. The number of carbonyl (C=O) groups is 2. The molecule has 5 heterocycles. The van der Waals surface area contributed by atoms with E-state index < -0.39 is 49.1 Å². The van der Waals surface area contributed by atoms with Crippen molar-refractivity contribution in [2.24, 2.45) is 0 Å². The molecule has 0 saturated carbocycles. The van der Waals surface area contributed by atoms with Gasteiger partial charge in [0.05, 0.1) is 28.8 Å². The molecule has 2 aromatic carbocycles. The molecule has 38 heavy (non-hydrogen) atoms. The zero-order valence-electron chi connectivity index (χ0n) is 19.8.